The number of hydrogen-bond donors (Lipinski definition) is 0. The van der Waals surface area contributed by atoms with Crippen molar-refractivity contribution in [2.45, 2.75) is 37.4 Å². The Morgan fingerprint density at radius 3 is 2.77 bits per heavy atom. The number of carbonyl (C=O) groups is 1. The number of fused-ring (bicyclic) bond motifs is 3. The molecule has 0 saturated heterocycles. The molecule has 0 saturated carbocycles. The van der Waals surface area contributed by atoms with E-state index in [1.165, 1.54) is 22.2 Å². The van der Waals surface area contributed by atoms with Gasteiger partial charge in [0.15, 0.2) is 10.9 Å². The van der Waals surface area contributed by atoms with Gasteiger partial charge in [0.25, 0.3) is 5.56 Å². The molecule has 1 aliphatic rings. The second kappa shape index (κ2) is 8.76. The summed E-state index contributed by atoms with van der Waals surface area (Å²) in [4.78, 5) is 33.2. The highest BCUT2D eigenvalue weighted by molar-refractivity contribution is 9.10. The predicted molar refractivity (Wildman–Crippen MR) is 128 cm³/mol. The largest absolute Gasteiger partial charge is 0.467 e. The van der Waals surface area contributed by atoms with E-state index < -0.39 is 0 Å². The third-order valence-corrected chi connectivity index (χ3v) is 8.12. The highest BCUT2D eigenvalue weighted by Crippen LogP contribution is 2.35. The normalized spacial score (nSPS) is 13.5. The Balaban J connectivity index is 1.53. The monoisotopic (exact) mass is 514 g/mol. The third-order valence-electron chi connectivity index (χ3n) is 5.43. The zero-order valence-electron chi connectivity index (χ0n) is 16.6. The highest BCUT2D eigenvalue weighted by atomic mass is 79.9. The van der Waals surface area contributed by atoms with E-state index in [4.69, 9.17) is 9.40 Å². The molecule has 1 aromatic carbocycles. The molecule has 5 nitrogen and oxygen atoms in total. The molecule has 8 heteroatoms. The lowest BCUT2D eigenvalue weighted by Gasteiger charge is -2.12. The molecule has 5 rings (SSSR count). The first kappa shape index (κ1) is 20.7. The predicted octanol–water partition coefficient (Wildman–Crippen LogP) is 5.72. The van der Waals surface area contributed by atoms with E-state index in [1.807, 2.05) is 24.3 Å². The van der Waals surface area contributed by atoms with Crippen LogP contribution in [0.1, 0.15) is 39.4 Å². The maximum absolute atomic E-state index is 13.5. The van der Waals surface area contributed by atoms with Gasteiger partial charge in [0, 0.05) is 14.9 Å². The van der Waals surface area contributed by atoms with Crippen LogP contribution in [-0.2, 0) is 19.4 Å². The van der Waals surface area contributed by atoms with Crippen molar-refractivity contribution in [3.8, 4) is 0 Å². The van der Waals surface area contributed by atoms with Crippen LogP contribution >= 0.6 is 39.0 Å². The Bertz CT molecular complexity index is 1310. The number of carbonyl (C=O) groups excluding carboxylic acids is 1. The quantitative estimate of drug-likeness (QED) is 0.187. The molecule has 0 amide bonds. The molecule has 31 heavy (non-hydrogen) atoms. The SMILES string of the molecule is O=C(CSc1nc2sc3c(c2c(=O)n1Cc1ccco1)CCCC3)c1ccc(Br)cc1. The van der Waals surface area contributed by atoms with Crippen molar-refractivity contribution < 1.29 is 9.21 Å². The van der Waals surface area contributed by atoms with Gasteiger partial charge < -0.3 is 4.42 Å². The van der Waals surface area contributed by atoms with E-state index in [2.05, 4.69) is 15.9 Å². The Labute approximate surface area is 195 Å². The molecule has 4 aromatic rings. The van der Waals surface area contributed by atoms with Gasteiger partial charge >= 0.3 is 0 Å². The minimum atomic E-state index is -0.0422. The zero-order chi connectivity index (χ0) is 21.4. The number of rotatable bonds is 6. The summed E-state index contributed by atoms with van der Waals surface area (Å²) in [6.07, 6.45) is 5.81. The van der Waals surface area contributed by atoms with Gasteiger partial charge in [-0.1, -0.05) is 39.8 Å². The Hall–Kier alpha value is -2.16. The van der Waals surface area contributed by atoms with E-state index in [0.29, 0.717) is 23.0 Å². The number of benzene rings is 1. The van der Waals surface area contributed by atoms with Gasteiger partial charge in [0.05, 0.1) is 23.9 Å². The molecule has 0 aliphatic heterocycles. The summed E-state index contributed by atoms with van der Waals surface area (Å²) in [6, 6.07) is 11.0. The number of furan rings is 1. The summed E-state index contributed by atoms with van der Waals surface area (Å²) < 4.78 is 8.08. The number of nitrogens with zero attached hydrogens (tertiary/aromatic N) is 2. The van der Waals surface area contributed by atoms with Crippen LogP contribution in [-0.4, -0.2) is 21.1 Å². The van der Waals surface area contributed by atoms with Crippen LogP contribution in [0.3, 0.4) is 0 Å². The summed E-state index contributed by atoms with van der Waals surface area (Å²) in [6.45, 7) is 0.300. The Morgan fingerprint density at radius 1 is 1.19 bits per heavy atom. The number of thioether (sulfide) groups is 1. The topological polar surface area (TPSA) is 65.1 Å². The number of thiophene rings is 1. The van der Waals surface area contributed by atoms with Crippen LogP contribution in [0.5, 0.6) is 0 Å². The van der Waals surface area contributed by atoms with Gasteiger partial charge in [0.2, 0.25) is 0 Å². The van der Waals surface area contributed by atoms with Gasteiger partial charge in [-0.2, -0.15) is 0 Å². The molecular weight excluding hydrogens is 496 g/mol. The van der Waals surface area contributed by atoms with Crippen molar-refractivity contribution in [3.63, 3.8) is 0 Å². The van der Waals surface area contributed by atoms with Crippen LogP contribution < -0.4 is 5.56 Å². The molecule has 0 fully saturated rings. The highest BCUT2D eigenvalue weighted by Gasteiger charge is 2.23. The molecule has 0 radical (unpaired) electrons. The number of Topliss-reactive ketones (excluding diaryl/α,β-unsaturated/α-hetero) is 1. The maximum Gasteiger partial charge on any atom is 0.263 e. The Morgan fingerprint density at radius 2 is 2.00 bits per heavy atom. The summed E-state index contributed by atoms with van der Waals surface area (Å²) >= 11 is 6.32. The number of aromatic nitrogens is 2. The lowest BCUT2D eigenvalue weighted by Crippen LogP contribution is -2.24. The fourth-order valence-corrected chi connectivity index (χ4v) is 6.34. The summed E-state index contributed by atoms with van der Waals surface area (Å²) in [5.41, 5.74) is 1.77. The molecule has 1 aliphatic carbocycles. The zero-order valence-corrected chi connectivity index (χ0v) is 19.8. The summed E-state index contributed by atoms with van der Waals surface area (Å²) in [7, 11) is 0. The molecule has 0 atom stereocenters. The smallest absolute Gasteiger partial charge is 0.263 e. The first-order chi connectivity index (χ1) is 15.1. The van der Waals surface area contributed by atoms with Crippen LogP contribution in [0, 0.1) is 0 Å². The number of halogens is 1. The molecule has 158 valence electrons. The number of aryl methyl sites for hydroxylation is 2. The van der Waals surface area contributed by atoms with Gasteiger partial charge in [-0.25, -0.2) is 4.98 Å². The molecule has 0 unspecified atom stereocenters. The van der Waals surface area contributed by atoms with E-state index in [1.54, 1.807) is 34.3 Å². The first-order valence-corrected chi connectivity index (χ1v) is 12.7. The molecule has 3 aromatic heterocycles. The third kappa shape index (κ3) is 4.16. The maximum atomic E-state index is 13.5. The van der Waals surface area contributed by atoms with E-state index in [9.17, 15) is 9.59 Å². The standard InChI is InChI=1S/C23H19BrN2O3S2/c24-15-9-7-14(8-10-15)18(27)13-30-23-25-21-20(17-5-1-2-6-19(17)31-21)22(28)26(23)12-16-4-3-11-29-16/h3-4,7-11H,1-2,5-6,12-13H2. The molecule has 3 heterocycles. The van der Waals surface area contributed by atoms with Gasteiger partial charge in [-0.15, -0.1) is 11.3 Å². The number of ketones is 1. The Kier molecular flexibility index (Phi) is 5.86. The van der Waals surface area contributed by atoms with Crippen LogP contribution in [0.15, 0.2) is 61.5 Å². The van der Waals surface area contributed by atoms with Crippen LogP contribution in [0.25, 0.3) is 10.2 Å². The van der Waals surface area contributed by atoms with E-state index in [0.717, 1.165) is 40.4 Å². The van der Waals surface area contributed by atoms with E-state index >= 15 is 0 Å². The summed E-state index contributed by atoms with van der Waals surface area (Å²) in [5.74, 6) is 0.901. The first-order valence-electron chi connectivity index (χ1n) is 10.1. The number of hydrogen-bond acceptors (Lipinski definition) is 6. The average molecular weight is 515 g/mol. The average Bonchev–Trinajstić information content (AvgIpc) is 3.42. The van der Waals surface area contributed by atoms with Gasteiger partial charge in [-0.3, -0.25) is 14.2 Å². The van der Waals surface area contributed by atoms with Gasteiger partial charge in [-0.05, 0) is 55.5 Å². The van der Waals surface area contributed by atoms with Crippen molar-refractivity contribution in [1.29, 1.82) is 0 Å². The van der Waals surface area contributed by atoms with Crippen LogP contribution in [0.4, 0.5) is 0 Å². The molecule has 0 bridgehead atoms. The lowest BCUT2D eigenvalue weighted by atomic mass is 9.97. The fraction of sp³-hybridized carbons (Fsp3) is 0.261. The fourth-order valence-electron chi connectivity index (χ4n) is 3.88. The van der Waals surface area contributed by atoms with Crippen LogP contribution in [0.2, 0.25) is 0 Å². The van der Waals surface area contributed by atoms with Gasteiger partial charge in [0.1, 0.15) is 10.6 Å². The molecular formula is C23H19BrN2O3S2. The molecule has 0 spiro atoms. The van der Waals surface area contributed by atoms with E-state index in [-0.39, 0.29) is 17.1 Å². The van der Waals surface area contributed by atoms with Crippen molar-refractivity contribution >= 4 is 55.0 Å². The second-order valence-corrected chi connectivity index (χ2v) is 10.4. The lowest BCUT2D eigenvalue weighted by molar-refractivity contribution is 0.102. The molecule has 0 N–H and O–H groups in total. The van der Waals surface area contributed by atoms with Crippen molar-refractivity contribution in [2.75, 3.05) is 5.75 Å². The van der Waals surface area contributed by atoms with Crippen molar-refractivity contribution in [2.24, 2.45) is 0 Å². The minimum absolute atomic E-state index is 0.00173. The second-order valence-electron chi connectivity index (χ2n) is 7.47. The summed E-state index contributed by atoms with van der Waals surface area (Å²) in [5, 5.41) is 1.30. The minimum Gasteiger partial charge on any atom is -0.467 e. The van der Waals surface area contributed by atoms with Crippen molar-refractivity contribution in [1.82, 2.24) is 9.55 Å². The van der Waals surface area contributed by atoms with Crippen molar-refractivity contribution in [3.05, 3.63) is 79.3 Å².